The van der Waals surface area contributed by atoms with Crippen LogP contribution in [0.25, 0.3) is 21.5 Å². The zero-order chi connectivity index (χ0) is 23.8. The van der Waals surface area contributed by atoms with Crippen molar-refractivity contribution in [2.45, 2.75) is 71.1 Å². The van der Waals surface area contributed by atoms with Crippen molar-refractivity contribution in [1.29, 1.82) is 0 Å². The summed E-state index contributed by atoms with van der Waals surface area (Å²) < 4.78 is 0. The SMILES string of the molecule is CCC.CN(Cc1cccc2ccccc12)[C@@H]1CCCC[C@H]1NCc1cccc2ccccc12.O. The van der Waals surface area contributed by atoms with Gasteiger partial charge in [0.2, 0.25) is 0 Å². The lowest BCUT2D eigenvalue weighted by atomic mass is 9.88. The predicted octanol–water partition coefficient (Wildman–Crippen LogP) is 7.12. The molecule has 0 heterocycles. The molecule has 4 aromatic rings. The van der Waals surface area contributed by atoms with Gasteiger partial charge in [0, 0.05) is 25.2 Å². The predicted molar refractivity (Wildman–Crippen MR) is 152 cm³/mol. The molecule has 1 aliphatic carbocycles. The van der Waals surface area contributed by atoms with Crippen LogP contribution in [0.1, 0.15) is 57.1 Å². The Bertz CT molecular complexity index is 1180. The molecule has 0 aliphatic heterocycles. The largest absolute Gasteiger partial charge is 0.412 e. The molecule has 0 spiro atoms. The normalized spacial score (nSPS) is 17.6. The summed E-state index contributed by atoms with van der Waals surface area (Å²) in [6.07, 6.45) is 6.44. The Morgan fingerprint density at radius 2 is 1.23 bits per heavy atom. The van der Waals surface area contributed by atoms with Crippen LogP contribution in [-0.2, 0) is 13.1 Å². The molecule has 0 bridgehead atoms. The number of rotatable bonds is 6. The third-order valence-electron chi connectivity index (χ3n) is 7.03. The highest BCUT2D eigenvalue weighted by Gasteiger charge is 2.28. The molecule has 3 nitrogen and oxygen atoms in total. The van der Waals surface area contributed by atoms with Crippen LogP contribution in [0.2, 0.25) is 0 Å². The van der Waals surface area contributed by atoms with E-state index in [4.69, 9.17) is 0 Å². The van der Waals surface area contributed by atoms with Gasteiger partial charge in [0.25, 0.3) is 0 Å². The van der Waals surface area contributed by atoms with E-state index in [1.165, 1.54) is 64.8 Å². The minimum absolute atomic E-state index is 0. The van der Waals surface area contributed by atoms with Gasteiger partial charge in [-0.3, -0.25) is 4.90 Å². The van der Waals surface area contributed by atoms with Crippen LogP contribution in [0.15, 0.2) is 84.9 Å². The fourth-order valence-corrected chi connectivity index (χ4v) is 5.38. The zero-order valence-electron chi connectivity index (χ0n) is 21.6. The van der Waals surface area contributed by atoms with E-state index in [1.807, 2.05) is 0 Å². The third-order valence-corrected chi connectivity index (χ3v) is 7.03. The van der Waals surface area contributed by atoms with Crippen LogP contribution in [0.5, 0.6) is 0 Å². The molecule has 0 saturated heterocycles. The molecule has 0 aromatic heterocycles. The van der Waals surface area contributed by atoms with E-state index in [0.717, 1.165) is 13.1 Å². The number of fused-ring (bicyclic) bond motifs is 2. The van der Waals surface area contributed by atoms with Gasteiger partial charge >= 0.3 is 0 Å². The summed E-state index contributed by atoms with van der Waals surface area (Å²) in [6.45, 7) is 6.18. The van der Waals surface area contributed by atoms with E-state index in [-0.39, 0.29) is 5.48 Å². The van der Waals surface area contributed by atoms with Crippen molar-refractivity contribution >= 4 is 21.5 Å². The van der Waals surface area contributed by atoms with Gasteiger partial charge in [-0.1, -0.05) is 118 Å². The van der Waals surface area contributed by atoms with Gasteiger partial charge in [-0.25, -0.2) is 0 Å². The third kappa shape index (κ3) is 6.70. The summed E-state index contributed by atoms with van der Waals surface area (Å²) in [5.41, 5.74) is 2.83. The zero-order valence-corrected chi connectivity index (χ0v) is 21.6. The number of benzene rings is 4. The molecule has 186 valence electrons. The molecule has 4 aromatic carbocycles. The van der Waals surface area contributed by atoms with Crippen molar-refractivity contribution in [3.63, 3.8) is 0 Å². The molecule has 1 fully saturated rings. The Hall–Kier alpha value is -2.72. The Morgan fingerprint density at radius 1 is 0.714 bits per heavy atom. The average Bonchev–Trinajstić information content (AvgIpc) is 2.88. The first-order chi connectivity index (χ1) is 16.7. The van der Waals surface area contributed by atoms with Gasteiger partial charge in [0.15, 0.2) is 0 Å². The van der Waals surface area contributed by atoms with E-state index in [9.17, 15) is 0 Å². The van der Waals surface area contributed by atoms with Crippen LogP contribution in [0.3, 0.4) is 0 Å². The molecular formula is C32H42N2O. The van der Waals surface area contributed by atoms with Crippen molar-refractivity contribution < 1.29 is 5.48 Å². The van der Waals surface area contributed by atoms with Crippen molar-refractivity contribution in [3.05, 3.63) is 96.1 Å². The van der Waals surface area contributed by atoms with E-state index in [0.29, 0.717) is 12.1 Å². The van der Waals surface area contributed by atoms with Gasteiger partial charge in [-0.05, 0) is 52.6 Å². The first-order valence-corrected chi connectivity index (χ1v) is 13.1. The van der Waals surface area contributed by atoms with E-state index in [2.05, 4.69) is 116 Å². The number of likely N-dealkylation sites (N-methyl/N-ethyl adjacent to an activating group) is 1. The molecule has 5 rings (SSSR count). The molecule has 2 atom stereocenters. The van der Waals surface area contributed by atoms with Crippen LogP contribution in [0.4, 0.5) is 0 Å². The van der Waals surface area contributed by atoms with Crippen molar-refractivity contribution in [1.82, 2.24) is 10.2 Å². The highest BCUT2D eigenvalue weighted by Crippen LogP contribution is 2.27. The topological polar surface area (TPSA) is 46.8 Å². The van der Waals surface area contributed by atoms with Crippen molar-refractivity contribution in [2.75, 3.05) is 7.05 Å². The maximum absolute atomic E-state index is 3.94. The molecule has 3 heteroatoms. The van der Waals surface area contributed by atoms with E-state index < -0.39 is 0 Å². The molecule has 1 saturated carbocycles. The smallest absolute Gasteiger partial charge is 0.0249 e. The lowest BCUT2D eigenvalue weighted by Gasteiger charge is -2.39. The van der Waals surface area contributed by atoms with Gasteiger partial charge in [-0.15, -0.1) is 0 Å². The second-order valence-electron chi connectivity index (χ2n) is 9.74. The highest BCUT2D eigenvalue weighted by atomic mass is 16.0. The quantitative estimate of drug-likeness (QED) is 0.326. The Balaban J connectivity index is 0.000000815. The van der Waals surface area contributed by atoms with Crippen molar-refractivity contribution in [2.24, 2.45) is 0 Å². The minimum atomic E-state index is 0. The summed E-state index contributed by atoms with van der Waals surface area (Å²) in [5.74, 6) is 0. The molecule has 1 aliphatic rings. The fourth-order valence-electron chi connectivity index (χ4n) is 5.38. The average molecular weight is 471 g/mol. The number of hydrogen-bond donors (Lipinski definition) is 1. The summed E-state index contributed by atoms with van der Waals surface area (Å²) >= 11 is 0. The number of nitrogens with zero attached hydrogens (tertiary/aromatic N) is 1. The number of nitrogens with one attached hydrogen (secondary N) is 1. The number of hydrogen-bond acceptors (Lipinski definition) is 2. The summed E-state index contributed by atoms with van der Waals surface area (Å²) in [4.78, 5) is 2.59. The molecule has 0 radical (unpaired) electrons. The molecule has 0 unspecified atom stereocenters. The Morgan fingerprint density at radius 3 is 1.89 bits per heavy atom. The second kappa shape index (κ2) is 13.4. The van der Waals surface area contributed by atoms with Crippen LogP contribution in [-0.4, -0.2) is 29.5 Å². The van der Waals surface area contributed by atoms with E-state index in [1.54, 1.807) is 0 Å². The first-order valence-electron chi connectivity index (χ1n) is 13.1. The van der Waals surface area contributed by atoms with Crippen LogP contribution in [0, 0.1) is 0 Å². The maximum Gasteiger partial charge on any atom is 0.0249 e. The molecule has 0 amide bonds. The monoisotopic (exact) mass is 470 g/mol. The summed E-state index contributed by atoms with van der Waals surface area (Å²) in [5, 5.41) is 9.36. The Labute approximate surface area is 211 Å². The lowest BCUT2D eigenvalue weighted by Crippen LogP contribution is -2.49. The minimum Gasteiger partial charge on any atom is -0.412 e. The molecule has 35 heavy (non-hydrogen) atoms. The summed E-state index contributed by atoms with van der Waals surface area (Å²) in [6, 6.07) is 32.0. The first kappa shape index (κ1) is 26.9. The van der Waals surface area contributed by atoms with Crippen molar-refractivity contribution in [3.8, 4) is 0 Å². The standard InChI is InChI=1S/C29H32N2.C3H8.H2O/c1-31(21-25-15-9-13-23-11-3-5-17-27(23)25)29-19-7-6-18-28(29)30-20-24-14-8-12-22-10-2-4-16-26(22)24;1-3-2;/h2-5,8-17,28-30H,6-7,18-21H2,1H3;3H2,1-2H3;1H2/t28-,29-;;/m1../s1. The van der Waals surface area contributed by atoms with Gasteiger partial charge in [-0.2, -0.15) is 0 Å². The van der Waals surface area contributed by atoms with Gasteiger partial charge in [0.05, 0.1) is 0 Å². The maximum atomic E-state index is 3.94. The Kier molecular flexibility index (Phi) is 10.3. The molecule has 3 N–H and O–H groups in total. The second-order valence-corrected chi connectivity index (χ2v) is 9.74. The fraction of sp³-hybridized carbons (Fsp3) is 0.375. The van der Waals surface area contributed by atoms with Crippen LogP contribution >= 0.6 is 0 Å². The van der Waals surface area contributed by atoms with Gasteiger partial charge in [0.1, 0.15) is 0 Å². The van der Waals surface area contributed by atoms with Gasteiger partial charge < -0.3 is 10.8 Å². The van der Waals surface area contributed by atoms with Crippen LogP contribution < -0.4 is 5.32 Å². The summed E-state index contributed by atoms with van der Waals surface area (Å²) in [7, 11) is 2.31. The highest BCUT2D eigenvalue weighted by molar-refractivity contribution is 5.86. The molecular weight excluding hydrogens is 428 g/mol. The lowest BCUT2D eigenvalue weighted by molar-refractivity contribution is 0.142. The van der Waals surface area contributed by atoms with E-state index >= 15 is 0 Å².